The molecule has 0 amide bonds. The van der Waals surface area contributed by atoms with E-state index >= 15 is 0 Å². The molecule has 2 rings (SSSR count). The van der Waals surface area contributed by atoms with Gasteiger partial charge in [-0.05, 0) is 11.6 Å². The lowest BCUT2D eigenvalue weighted by atomic mass is 10.2. The van der Waals surface area contributed by atoms with Crippen molar-refractivity contribution < 1.29 is 13.9 Å². The van der Waals surface area contributed by atoms with Crippen LogP contribution in [-0.4, -0.2) is 7.11 Å². The van der Waals surface area contributed by atoms with Crippen molar-refractivity contribution in [2.45, 2.75) is 12.5 Å². The highest BCUT2D eigenvalue weighted by Gasteiger charge is 2.11. The number of methoxy groups -OCH3 is 1. The van der Waals surface area contributed by atoms with Crippen molar-refractivity contribution in [1.82, 2.24) is 0 Å². The average molecular weight is 281 g/mol. The molecule has 0 saturated heterocycles. The minimum atomic E-state index is -0.390. The number of hydrogen-bond donors (Lipinski definition) is 0. The first-order valence-corrected chi connectivity index (χ1v) is 6.37. The number of hydrogen-bond acceptors (Lipinski definition) is 2. The van der Waals surface area contributed by atoms with E-state index in [1.807, 2.05) is 30.3 Å². The molecule has 0 bridgehead atoms. The fourth-order valence-electron chi connectivity index (χ4n) is 1.69. The summed E-state index contributed by atoms with van der Waals surface area (Å²) in [6, 6.07) is 12.5. The van der Waals surface area contributed by atoms with Crippen molar-refractivity contribution >= 4 is 11.6 Å². The van der Waals surface area contributed by atoms with Gasteiger partial charge in [-0.2, -0.15) is 0 Å². The Morgan fingerprint density at radius 1 is 1.11 bits per heavy atom. The number of rotatable bonds is 5. The van der Waals surface area contributed by atoms with Crippen LogP contribution in [0.2, 0.25) is 0 Å². The number of alkyl halides is 1. The molecule has 0 N–H and O–H groups in total. The Morgan fingerprint density at radius 3 is 2.47 bits per heavy atom. The number of ether oxygens (including phenoxy) is 2. The van der Waals surface area contributed by atoms with Gasteiger partial charge < -0.3 is 9.47 Å². The lowest BCUT2D eigenvalue weighted by molar-refractivity contribution is 0.282. The molecule has 2 aromatic rings. The van der Waals surface area contributed by atoms with Crippen molar-refractivity contribution in [3.63, 3.8) is 0 Å². The average Bonchev–Trinajstić information content (AvgIpc) is 2.46. The third kappa shape index (κ3) is 3.38. The van der Waals surface area contributed by atoms with E-state index in [9.17, 15) is 4.39 Å². The van der Waals surface area contributed by atoms with Gasteiger partial charge in [-0.3, -0.25) is 0 Å². The van der Waals surface area contributed by atoms with Gasteiger partial charge in [0.25, 0.3) is 0 Å². The highest BCUT2D eigenvalue weighted by Crippen LogP contribution is 2.31. The van der Waals surface area contributed by atoms with Crippen molar-refractivity contribution in [2.24, 2.45) is 0 Å². The second kappa shape index (κ2) is 6.43. The summed E-state index contributed by atoms with van der Waals surface area (Å²) >= 11 is 5.65. The fraction of sp³-hybridized carbons (Fsp3) is 0.200. The molecule has 0 atom stereocenters. The Balaban J connectivity index is 2.18. The van der Waals surface area contributed by atoms with Gasteiger partial charge >= 0.3 is 0 Å². The molecule has 0 spiro atoms. The Kier molecular flexibility index (Phi) is 4.63. The van der Waals surface area contributed by atoms with Gasteiger partial charge in [-0.25, -0.2) is 4.39 Å². The third-order valence-electron chi connectivity index (χ3n) is 2.71. The SMILES string of the molecule is COc1cc(CCl)c(F)cc1OCc1ccccc1. The highest BCUT2D eigenvalue weighted by molar-refractivity contribution is 6.17. The molecule has 0 aliphatic carbocycles. The molecule has 2 nitrogen and oxygen atoms in total. The largest absolute Gasteiger partial charge is 0.493 e. The van der Waals surface area contributed by atoms with Crippen LogP contribution >= 0.6 is 11.6 Å². The van der Waals surface area contributed by atoms with Gasteiger partial charge in [0.05, 0.1) is 13.0 Å². The van der Waals surface area contributed by atoms with Crippen LogP contribution in [0.3, 0.4) is 0 Å². The second-order valence-corrected chi connectivity index (χ2v) is 4.27. The monoisotopic (exact) mass is 280 g/mol. The molecule has 0 aliphatic heterocycles. The summed E-state index contributed by atoms with van der Waals surface area (Å²) in [4.78, 5) is 0. The zero-order valence-electron chi connectivity index (χ0n) is 10.5. The smallest absolute Gasteiger partial charge is 0.164 e. The molecule has 4 heteroatoms. The molecular formula is C15H14ClFO2. The summed E-state index contributed by atoms with van der Waals surface area (Å²) in [5.41, 5.74) is 1.40. The quantitative estimate of drug-likeness (QED) is 0.766. The summed E-state index contributed by atoms with van der Waals surface area (Å²) in [6.45, 7) is 0.358. The van der Waals surface area contributed by atoms with Crippen molar-refractivity contribution in [3.8, 4) is 11.5 Å². The maximum Gasteiger partial charge on any atom is 0.164 e. The normalized spacial score (nSPS) is 10.3. The van der Waals surface area contributed by atoms with E-state index in [-0.39, 0.29) is 11.7 Å². The molecule has 19 heavy (non-hydrogen) atoms. The third-order valence-corrected chi connectivity index (χ3v) is 3.00. The summed E-state index contributed by atoms with van der Waals surface area (Å²) < 4.78 is 24.4. The fourth-order valence-corrected chi connectivity index (χ4v) is 1.89. The van der Waals surface area contributed by atoms with E-state index in [0.29, 0.717) is 23.7 Å². The molecule has 0 heterocycles. The predicted molar refractivity (Wildman–Crippen MR) is 73.3 cm³/mol. The molecule has 0 fully saturated rings. The van der Waals surface area contributed by atoms with E-state index < -0.39 is 0 Å². The van der Waals surface area contributed by atoms with E-state index in [1.54, 1.807) is 6.07 Å². The van der Waals surface area contributed by atoms with Crippen LogP contribution in [0.25, 0.3) is 0 Å². The van der Waals surface area contributed by atoms with Gasteiger partial charge in [0.15, 0.2) is 11.5 Å². The summed E-state index contributed by atoms with van der Waals surface area (Å²) in [5.74, 6) is 0.561. The van der Waals surface area contributed by atoms with E-state index in [4.69, 9.17) is 21.1 Å². The van der Waals surface area contributed by atoms with Gasteiger partial charge in [-0.15, -0.1) is 11.6 Å². The predicted octanol–water partition coefficient (Wildman–Crippen LogP) is 4.15. The second-order valence-electron chi connectivity index (χ2n) is 4.00. The standard InChI is InChI=1S/C15H14ClFO2/c1-18-14-7-12(9-16)13(17)8-15(14)19-10-11-5-3-2-4-6-11/h2-8H,9-10H2,1H3. The molecule has 2 aromatic carbocycles. The Labute approximate surface area is 116 Å². The van der Waals surface area contributed by atoms with E-state index in [1.165, 1.54) is 13.2 Å². The van der Waals surface area contributed by atoms with Gasteiger partial charge in [-0.1, -0.05) is 30.3 Å². The van der Waals surface area contributed by atoms with Crippen molar-refractivity contribution in [3.05, 3.63) is 59.4 Å². The maximum atomic E-state index is 13.7. The minimum absolute atomic E-state index is 0.0984. The molecule has 100 valence electrons. The molecule has 0 unspecified atom stereocenters. The molecule has 0 aliphatic rings. The number of benzene rings is 2. The lowest BCUT2D eigenvalue weighted by Gasteiger charge is -2.12. The summed E-state index contributed by atoms with van der Waals surface area (Å²) in [7, 11) is 1.51. The lowest BCUT2D eigenvalue weighted by Crippen LogP contribution is -1.99. The van der Waals surface area contributed by atoms with Crippen LogP contribution < -0.4 is 9.47 Å². The summed E-state index contributed by atoms with van der Waals surface area (Å²) in [6.07, 6.45) is 0. The van der Waals surface area contributed by atoms with Crippen LogP contribution in [0, 0.1) is 5.82 Å². The molecule has 0 radical (unpaired) electrons. The minimum Gasteiger partial charge on any atom is -0.493 e. The van der Waals surface area contributed by atoms with Gasteiger partial charge in [0.2, 0.25) is 0 Å². The number of halogens is 2. The maximum absolute atomic E-state index is 13.7. The molecule has 0 aromatic heterocycles. The van der Waals surface area contributed by atoms with Gasteiger partial charge in [0, 0.05) is 11.6 Å². The zero-order valence-corrected chi connectivity index (χ0v) is 11.3. The highest BCUT2D eigenvalue weighted by atomic mass is 35.5. The molecule has 0 saturated carbocycles. The van der Waals surface area contributed by atoms with Crippen LogP contribution in [0.15, 0.2) is 42.5 Å². The van der Waals surface area contributed by atoms with E-state index in [0.717, 1.165) is 5.56 Å². The van der Waals surface area contributed by atoms with Crippen molar-refractivity contribution in [2.75, 3.05) is 7.11 Å². The van der Waals surface area contributed by atoms with Crippen molar-refractivity contribution in [1.29, 1.82) is 0 Å². The van der Waals surface area contributed by atoms with Crippen LogP contribution in [-0.2, 0) is 12.5 Å². The van der Waals surface area contributed by atoms with Crippen LogP contribution in [0.1, 0.15) is 11.1 Å². The topological polar surface area (TPSA) is 18.5 Å². The Morgan fingerprint density at radius 2 is 1.84 bits per heavy atom. The Bertz CT molecular complexity index is 543. The van der Waals surface area contributed by atoms with Crippen LogP contribution in [0.5, 0.6) is 11.5 Å². The van der Waals surface area contributed by atoms with Gasteiger partial charge in [0.1, 0.15) is 12.4 Å². The summed E-state index contributed by atoms with van der Waals surface area (Å²) in [5, 5.41) is 0. The first kappa shape index (κ1) is 13.7. The first-order valence-electron chi connectivity index (χ1n) is 5.83. The van der Waals surface area contributed by atoms with E-state index in [2.05, 4.69) is 0 Å². The first-order chi connectivity index (χ1) is 9.24. The Hall–Kier alpha value is -1.74. The zero-order chi connectivity index (χ0) is 13.7. The van der Waals surface area contributed by atoms with Crippen LogP contribution in [0.4, 0.5) is 4.39 Å². The molecular weight excluding hydrogens is 267 g/mol.